The molecular weight excluding hydrogens is 446 g/mol. The van der Waals surface area contributed by atoms with Gasteiger partial charge in [-0.3, -0.25) is 14.0 Å². The fraction of sp³-hybridized carbons (Fsp3) is 0.385. The van der Waals surface area contributed by atoms with E-state index in [4.69, 9.17) is 0 Å². The Morgan fingerprint density at radius 2 is 1.85 bits per heavy atom. The molecule has 1 fully saturated rings. The number of thioether (sulfide) groups is 1. The summed E-state index contributed by atoms with van der Waals surface area (Å²) >= 11 is 1.37. The Morgan fingerprint density at radius 1 is 1.09 bits per heavy atom. The Kier molecular flexibility index (Phi) is 6.16. The van der Waals surface area contributed by atoms with Crippen molar-refractivity contribution >= 4 is 34.3 Å². The molecule has 1 aliphatic carbocycles. The minimum atomic E-state index is -0.131. The van der Waals surface area contributed by atoms with E-state index in [9.17, 15) is 9.59 Å². The molecule has 1 amide bonds. The molecule has 0 radical (unpaired) electrons. The summed E-state index contributed by atoms with van der Waals surface area (Å²) < 4.78 is 3.54. The van der Waals surface area contributed by atoms with Crippen LogP contribution in [0.2, 0.25) is 0 Å². The normalized spacial score (nSPS) is 14.7. The van der Waals surface area contributed by atoms with Gasteiger partial charge in [0.2, 0.25) is 11.7 Å². The van der Waals surface area contributed by atoms with E-state index in [-0.39, 0.29) is 17.2 Å². The van der Waals surface area contributed by atoms with Crippen molar-refractivity contribution in [3.05, 3.63) is 63.9 Å². The number of hydrogen-bond donors (Lipinski definition) is 0. The van der Waals surface area contributed by atoms with Crippen molar-refractivity contribution in [1.82, 2.24) is 24.1 Å². The van der Waals surface area contributed by atoms with E-state index in [2.05, 4.69) is 10.2 Å². The Morgan fingerprint density at radius 3 is 2.65 bits per heavy atom. The van der Waals surface area contributed by atoms with Crippen molar-refractivity contribution in [2.75, 3.05) is 12.8 Å². The third kappa shape index (κ3) is 4.00. The smallest absolute Gasteiger partial charge is 0.267 e. The van der Waals surface area contributed by atoms with Gasteiger partial charge in [0.1, 0.15) is 0 Å². The van der Waals surface area contributed by atoms with Crippen LogP contribution < -0.4 is 5.56 Å². The molecule has 0 saturated heterocycles. The molecule has 2 aromatic heterocycles. The summed E-state index contributed by atoms with van der Waals surface area (Å²) in [5.74, 6) is 0.832. The lowest BCUT2D eigenvalue weighted by atomic mass is 9.94. The molecule has 5 rings (SSSR count). The third-order valence-corrected chi connectivity index (χ3v) is 7.75. The van der Waals surface area contributed by atoms with Crippen molar-refractivity contribution in [3.8, 4) is 5.69 Å². The van der Waals surface area contributed by atoms with Crippen molar-refractivity contribution in [1.29, 1.82) is 0 Å². The van der Waals surface area contributed by atoms with Gasteiger partial charge in [-0.2, -0.15) is 0 Å². The van der Waals surface area contributed by atoms with Gasteiger partial charge in [0.25, 0.3) is 5.56 Å². The number of carbonyl (C=O) groups is 1. The molecule has 176 valence electrons. The van der Waals surface area contributed by atoms with E-state index in [1.807, 2.05) is 72.7 Å². The number of benzene rings is 2. The summed E-state index contributed by atoms with van der Waals surface area (Å²) in [5.41, 5.74) is 3.44. The highest BCUT2D eigenvalue weighted by atomic mass is 32.2. The average molecular weight is 476 g/mol. The number of hydrogen-bond acceptors (Lipinski definition) is 5. The molecule has 2 aromatic carbocycles. The van der Waals surface area contributed by atoms with Crippen LogP contribution >= 0.6 is 11.8 Å². The largest absolute Gasteiger partial charge is 0.342 e. The van der Waals surface area contributed by atoms with Gasteiger partial charge >= 0.3 is 0 Å². The first-order valence-electron chi connectivity index (χ1n) is 11.8. The van der Waals surface area contributed by atoms with Crippen LogP contribution in [0.5, 0.6) is 0 Å². The fourth-order valence-electron chi connectivity index (χ4n) is 4.85. The number of fused-ring (bicyclic) bond motifs is 3. The minimum Gasteiger partial charge on any atom is -0.342 e. The average Bonchev–Trinajstić information content (AvgIpc) is 3.28. The lowest BCUT2D eigenvalue weighted by Gasteiger charge is -2.31. The van der Waals surface area contributed by atoms with Gasteiger partial charge < -0.3 is 4.90 Å². The number of aryl methyl sites for hydroxylation is 2. The van der Waals surface area contributed by atoms with Gasteiger partial charge in [0, 0.05) is 13.1 Å². The van der Waals surface area contributed by atoms with Crippen molar-refractivity contribution in [2.45, 2.75) is 57.1 Å². The molecular formula is C26H29N5O2S. The molecule has 0 N–H and O–H groups in total. The minimum absolute atomic E-state index is 0.0980. The first-order valence-corrected chi connectivity index (χ1v) is 12.8. The first-order chi connectivity index (χ1) is 16.5. The summed E-state index contributed by atoms with van der Waals surface area (Å²) in [6, 6.07) is 13.9. The van der Waals surface area contributed by atoms with Crippen molar-refractivity contribution in [3.63, 3.8) is 0 Å². The highest BCUT2D eigenvalue weighted by Gasteiger charge is 2.24. The number of carbonyl (C=O) groups excluding carboxylic acids is 1. The monoisotopic (exact) mass is 475 g/mol. The van der Waals surface area contributed by atoms with Crippen LogP contribution in [0.25, 0.3) is 22.4 Å². The summed E-state index contributed by atoms with van der Waals surface area (Å²) in [4.78, 5) is 28.4. The van der Waals surface area contributed by atoms with E-state index in [0.717, 1.165) is 35.2 Å². The second kappa shape index (κ2) is 9.25. The van der Waals surface area contributed by atoms with Crippen LogP contribution in [0.4, 0.5) is 0 Å². The van der Waals surface area contributed by atoms with Crippen LogP contribution in [0.1, 0.15) is 43.2 Å². The second-order valence-electron chi connectivity index (χ2n) is 9.15. The maximum Gasteiger partial charge on any atom is 0.267 e. The van der Waals surface area contributed by atoms with Gasteiger partial charge in [-0.05, 0) is 56.0 Å². The Hall–Kier alpha value is -3.13. The van der Waals surface area contributed by atoms with Gasteiger partial charge in [-0.15, -0.1) is 10.2 Å². The first kappa shape index (κ1) is 22.7. The molecule has 1 aliphatic rings. The van der Waals surface area contributed by atoms with Gasteiger partial charge in [0.05, 0.1) is 22.3 Å². The highest BCUT2D eigenvalue weighted by molar-refractivity contribution is 7.99. The number of para-hydroxylation sites is 1. The highest BCUT2D eigenvalue weighted by Crippen LogP contribution is 2.26. The second-order valence-corrected chi connectivity index (χ2v) is 10.1. The van der Waals surface area contributed by atoms with Gasteiger partial charge in [-0.25, -0.2) is 4.57 Å². The molecule has 0 aliphatic heterocycles. The van der Waals surface area contributed by atoms with E-state index in [1.54, 1.807) is 4.57 Å². The standard InChI is InChI=1S/C26H29N5O2S/c1-17-13-14-18(2)22(15-17)30-24(33)20-11-7-8-12-21(20)31-25(30)27-28-26(31)34-16-23(32)29(3)19-9-5-4-6-10-19/h7-8,11-15,19H,4-6,9-10,16H2,1-3H3. The molecule has 8 heteroatoms. The third-order valence-electron chi connectivity index (χ3n) is 6.84. The summed E-state index contributed by atoms with van der Waals surface area (Å²) in [6.07, 6.45) is 5.79. The number of nitrogens with zero attached hydrogens (tertiary/aromatic N) is 5. The van der Waals surface area contributed by atoms with E-state index < -0.39 is 0 Å². The molecule has 4 aromatic rings. The van der Waals surface area contributed by atoms with Crippen LogP contribution in [0.15, 0.2) is 52.4 Å². The Balaban J connectivity index is 1.57. The molecule has 1 saturated carbocycles. The van der Waals surface area contributed by atoms with Crippen molar-refractivity contribution < 1.29 is 4.79 Å². The lowest BCUT2D eigenvalue weighted by molar-refractivity contribution is -0.129. The van der Waals surface area contributed by atoms with Crippen molar-refractivity contribution in [2.24, 2.45) is 0 Å². The zero-order chi connectivity index (χ0) is 23.8. The fourth-order valence-corrected chi connectivity index (χ4v) is 5.71. The number of rotatable bonds is 5. The number of amides is 1. The van der Waals surface area contributed by atoms with Crippen LogP contribution in [0.3, 0.4) is 0 Å². The predicted octanol–water partition coefficient (Wildman–Crippen LogP) is 4.53. The molecule has 0 atom stereocenters. The zero-order valence-corrected chi connectivity index (χ0v) is 20.6. The SMILES string of the molecule is Cc1ccc(C)c(-n2c(=O)c3ccccc3n3c(SCC(=O)N(C)C4CCCCC4)nnc23)c1. The maximum absolute atomic E-state index is 13.6. The molecule has 0 spiro atoms. The predicted molar refractivity (Wildman–Crippen MR) is 136 cm³/mol. The quantitative estimate of drug-likeness (QED) is 0.397. The molecule has 7 nitrogen and oxygen atoms in total. The molecule has 2 heterocycles. The molecule has 0 bridgehead atoms. The topological polar surface area (TPSA) is 72.5 Å². The van der Waals surface area contributed by atoms with E-state index in [1.165, 1.54) is 31.0 Å². The summed E-state index contributed by atoms with van der Waals surface area (Å²) in [6.45, 7) is 3.99. The molecule has 34 heavy (non-hydrogen) atoms. The van der Waals surface area contributed by atoms with Gasteiger partial charge in [0.15, 0.2) is 5.16 Å². The van der Waals surface area contributed by atoms with E-state index >= 15 is 0 Å². The zero-order valence-electron chi connectivity index (χ0n) is 19.8. The van der Waals surface area contributed by atoms with Gasteiger partial charge in [-0.1, -0.05) is 55.3 Å². The maximum atomic E-state index is 13.6. The summed E-state index contributed by atoms with van der Waals surface area (Å²) in [5, 5.41) is 10.0. The summed E-state index contributed by atoms with van der Waals surface area (Å²) in [7, 11) is 1.91. The Bertz CT molecular complexity index is 1430. The van der Waals surface area contributed by atoms with Crippen LogP contribution in [0, 0.1) is 13.8 Å². The lowest BCUT2D eigenvalue weighted by Crippen LogP contribution is -2.39. The van der Waals surface area contributed by atoms with Crippen LogP contribution in [-0.2, 0) is 4.79 Å². The molecule has 0 unspecified atom stereocenters. The Labute approximate surface area is 202 Å². The van der Waals surface area contributed by atoms with Crippen LogP contribution in [-0.4, -0.2) is 48.8 Å². The number of aromatic nitrogens is 4. The van der Waals surface area contributed by atoms with E-state index in [0.29, 0.717) is 22.4 Å².